The van der Waals surface area contributed by atoms with Crippen LogP contribution in [0, 0.1) is 10.1 Å². The normalized spacial score (nSPS) is 11.7. The summed E-state index contributed by atoms with van der Waals surface area (Å²) in [6.07, 6.45) is 0. The fourth-order valence-electron chi connectivity index (χ4n) is 2.61. The summed E-state index contributed by atoms with van der Waals surface area (Å²) in [4.78, 5) is 36.3. The number of carbonyl (C=O) groups is 2. The number of amides is 2. The molecular weight excluding hydrogens is 384 g/mol. The highest BCUT2D eigenvalue weighted by Crippen LogP contribution is 2.25. The molecule has 2 aromatic carbocycles. The predicted octanol–water partition coefficient (Wildman–Crippen LogP) is 2.40. The first-order valence-corrected chi connectivity index (χ1v) is 8.87. The average Bonchev–Trinajstić information content (AvgIpc) is 2.67. The molecule has 0 saturated heterocycles. The zero-order chi connectivity index (χ0) is 20.7. The van der Waals surface area contributed by atoms with Crippen LogP contribution in [-0.4, -0.2) is 48.8 Å². The summed E-state index contributed by atoms with van der Waals surface area (Å²) < 4.78 is 0. The Bertz CT molecular complexity index is 873. The molecule has 0 fully saturated rings. The summed E-state index contributed by atoms with van der Waals surface area (Å²) >= 11 is 6.24. The number of hydrogen-bond donors (Lipinski definition) is 2. The lowest BCUT2D eigenvalue weighted by Crippen LogP contribution is -2.40. The molecule has 2 N–H and O–H groups in total. The summed E-state index contributed by atoms with van der Waals surface area (Å²) in [5.74, 6) is -0.938. The fourth-order valence-corrected chi connectivity index (χ4v) is 2.87. The van der Waals surface area contributed by atoms with Gasteiger partial charge in [-0.2, -0.15) is 0 Å². The van der Waals surface area contributed by atoms with Crippen molar-refractivity contribution in [2.45, 2.75) is 6.04 Å². The minimum absolute atomic E-state index is 0.115. The average molecular weight is 405 g/mol. The van der Waals surface area contributed by atoms with Crippen LogP contribution in [0.5, 0.6) is 0 Å². The molecular formula is C19H21ClN4O4. The van der Waals surface area contributed by atoms with E-state index in [9.17, 15) is 19.7 Å². The number of hydrogen-bond acceptors (Lipinski definition) is 5. The van der Waals surface area contributed by atoms with Crippen LogP contribution in [0.1, 0.15) is 22.0 Å². The third kappa shape index (κ3) is 5.77. The van der Waals surface area contributed by atoms with E-state index in [0.29, 0.717) is 11.6 Å². The van der Waals surface area contributed by atoms with Crippen LogP contribution in [0.4, 0.5) is 5.69 Å². The van der Waals surface area contributed by atoms with E-state index in [1.807, 2.05) is 37.2 Å². The van der Waals surface area contributed by atoms with Crippen LogP contribution in [0.25, 0.3) is 0 Å². The molecule has 0 aromatic heterocycles. The maximum atomic E-state index is 12.1. The summed E-state index contributed by atoms with van der Waals surface area (Å²) in [7, 11) is 3.76. The molecule has 1 unspecified atom stereocenters. The van der Waals surface area contributed by atoms with E-state index in [4.69, 9.17) is 11.6 Å². The first-order chi connectivity index (χ1) is 13.3. The number of carbonyl (C=O) groups excluding carboxylic acids is 2. The van der Waals surface area contributed by atoms with Gasteiger partial charge < -0.3 is 15.5 Å². The molecule has 28 heavy (non-hydrogen) atoms. The smallest absolute Gasteiger partial charge is 0.270 e. The van der Waals surface area contributed by atoms with Gasteiger partial charge in [0.15, 0.2) is 0 Å². The van der Waals surface area contributed by atoms with Gasteiger partial charge >= 0.3 is 0 Å². The second kappa shape index (κ2) is 9.82. The molecule has 1 atom stereocenters. The summed E-state index contributed by atoms with van der Waals surface area (Å²) in [6, 6.07) is 12.6. The van der Waals surface area contributed by atoms with E-state index in [1.54, 1.807) is 6.07 Å². The van der Waals surface area contributed by atoms with Crippen LogP contribution in [0.2, 0.25) is 5.02 Å². The number of nitrogens with zero attached hydrogens (tertiary/aromatic N) is 2. The Labute approximate surface area is 167 Å². The van der Waals surface area contributed by atoms with Gasteiger partial charge in [0.2, 0.25) is 5.91 Å². The Morgan fingerprint density at radius 1 is 1.14 bits per heavy atom. The number of non-ortho nitro benzene ring substituents is 1. The molecule has 8 nitrogen and oxygen atoms in total. The maximum absolute atomic E-state index is 12.1. The molecule has 0 bridgehead atoms. The van der Waals surface area contributed by atoms with Gasteiger partial charge in [0, 0.05) is 29.3 Å². The lowest BCUT2D eigenvalue weighted by Gasteiger charge is -2.26. The molecule has 0 aliphatic carbocycles. The van der Waals surface area contributed by atoms with Crippen molar-refractivity contribution in [3.8, 4) is 0 Å². The van der Waals surface area contributed by atoms with Crippen LogP contribution < -0.4 is 10.6 Å². The van der Waals surface area contributed by atoms with Crippen molar-refractivity contribution in [1.29, 1.82) is 0 Å². The van der Waals surface area contributed by atoms with E-state index >= 15 is 0 Å². The van der Waals surface area contributed by atoms with Crippen molar-refractivity contribution in [2.24, 2.45) is 0 Å². The molecule has 0 heterocycles. The van der Waals surface area contributed by atoms with Crippen molar-refractivity contribution < 1.29 is 14.5 Å². The number of nitro groups is 1. The van der Waals surface area contributed by atoms with Gasteiger partial charge in [0.05, 0.1) is 17.5 Å². The number of benzene rings is 2. The zero-order valence-electron chi connectivity index (χ0n) is 15.5. The Morgan fingerprint density at radius 2 is 1.86 bits per heavy atom. The summed E-state index contributed by atoms with van der Waals surface area (Å²) in [5.41, 5.74) is 0.810. The molecule has 0 spiro atoms. The number of likely N-dealkylation sites (N-methyl/N-ethyl adjacent to an activating group) is 1. The molecule has 0 aliphatic rings. The van der Waals surface area contributed by atoms with Crippen molar-refractivity contribution >= 4 is 29.1 Å². The highest BCUT2D eigenvalue weighted by Gasteiger charge is 2.18. The van der Waals surface area contributed by atoms with E-state index < -0.39 is 10.8 Å². The fraction of sp³-hybridized carbons (Fsp3) is 0.263. The van der Waals surface area contributed by atoms with E-state index in [2.05, 4.69) is 10.6 Å². The SMILES string of the molecule is CN(C)C(CNC(=O)CNC(=O)c1cccc([N+](=O)[O-])c1)c1ccccc1Cl. The van der Waals surface area contributed by atoms with Gasteiger partial charge in [0.1, 0.15) is 0 Å². The Kier molecular flexibility index (Phi) is 7.48. The van der Waals surface area contributed by atoms with Gasteiger partial charge in [-0.15, -0.1) is 0 Å². The number of halogens is 1. The van der Waals surface area contributed by atoms with Gasteiger partial charge in [-0.1, -0.05) is 35.9 Å². The molecule has 2 aromatic rings. The van der Waals surface area contributed by atoms with Gasteiger partial charge in [0.25, 0.3) is 11.6 Å². The molecule has 148 valence electrons. The third-order valence-corrected chi connectivity index (χ3v) is 4.45. The summed E-state index contributed by atoms with van der Waals surface area (Å²) in [6.45, 7) is 0.0619. The minimum Gasteiger partial charge on any atom is -0.353 e. The third-order valence-electron chi connectivity index (χ3n) is 4.11. The van der Waals surface area contributed by atoms with E-state index in [-0.39, 0.29) is 29.7 Å². The zero-order valence-corrected chi connectivity index (χ0v) is 16.3. The minimum atomic E-state index is -0.584. The van der Waals surface area contributed by atoms with Gasteiger partial charge in [-0.05, 0) is 31.8 Å². The summed E-state index contributed by atoms with van der Waals surface area (Å²) in [5, 5.41) is 16.6. The van der Waals surface area contributed by atoms with Crippen molar-refractivity contribution in [3.05, 3.63) is 74.8 Å². The van der Waals surface area contributed by atoms with Crippen LogP contribution in [-0.2, 0) is 4.79 Å². The Hall–Kier alpha value is -2.97. The van der Waals surface area contributed by atoms with E-state index in [1.165, 1.54) is 18.2 Å². The molecule has 2 amide bonds. The molecule has 0 radical (unpaired) electrons. The maximum Gasteiger partial charge on any atom is 0.270 e. The standard InChI is InChI=1S/C19H21ClN4O4/c1-23(2)17(15-8-3-4-9-16(15)20)11-21-18(25)12-22-19(26)13-6-5-7-14(10-13)24(27)28/h3-10,17H,11-12H2,1-2H3,(H,21,25)(H,22,26). The topological polar surface area (TPSA) is 105 Å². The Balaban J connectivity index is 1.91. The highest BCUT2D eigenvalue weighted by molar-refractivity contribution is 6.31. The van der Waals surface area contributed by atoms with Crippen LogP contribution >= 0.6 is 11.6 Å². The highest BCUT2D eigenvalue weighted by atomic mass is 35.5. The van der Waals surface area contributed by atoms with Crippen molar-refractivity contribution in [2.75, 3.05) is 27.2 Å². The second-order valence-electron chi connectivity index (χ2n) is 6.30. The van der Waals surface area contributed by atoms with Gasteiger partial charge in [-0.3, -0.25) is 19.7 Å². The molecule has 0 saturated carbocycles. The van der Waals surface area contributed by atoms with Crippen LogP contribution in [0.15, 0.2) is 48.5 Å². The number of nitro benzene ring substituents is 1. The number of rotatable bonds is 8. The molecule has 9 heteroatoms. The van der Waals surface area contributed by atoms with Crippen LogP contribution in [0.3, 0.4) is 0 Å². The lowest BCUT2D eigenvalue weighted by atomic mass is 10.1. The first kappa shape index (κ1) is 21.3. The predicted molar refractivity (Wildman–Crippen MR) is 106 cm³/mol. The molecule has 2 rings (SSSR count). The van der Waals surface area contributed by atoms with Crippen molar-refractivity contribution in [1.82, 2.24) is 15.5 Å². The monoisotopic (exact) mass is 404 g/mol. The largest absolute Gasteiger partial charge is 0.353 e. The first-order valence-electron chi connectivity index (χ1n) is 8.49. The Morgan fingerprint density at radius 3 is 2.50 bits per heavy atom. The second-order valence-corrected chi connectivity index (χ2v) is 6.70. The van der Waals surface area contributed by atoms with E-state index in [0.717, 1.165) is 11.6 Å². The van der Waals surface area contributed by atoms with Crippen molar-refractivity contribution in [3.63, 3.8) is 0 Å². The number of nitrogens with one attached hydrogen (secondary N) is 2. The molecule has 0 aliphatic heterocycles. The lowest BCUT2D eigenvalue weighted by molar-refractivity contribution is -0.384. The quantitative estimate of drug-likeness (QED) is 0.519. The van der Waals surface area contributed by atoms with Gasteiger partial charge in [-0.25, -0.2) is 0 Å².